The van der Waals surface area contributed by atoms with Crippen molar-refractivity contribution in [1.82, 2.24) is 5.32 Å². The highest BCUT2D eigenvalue weighted by Crippen LogP contribution is 2.09. The maximum Gasteiger partial charge on any atom is 0.248 e. The molecule has 0 radical (unpaired) electrons. The van der Waals surface area contributed by atoms with Gasteiger partial charge in [-0.1, -0.05) is 6.07 Å². The SMILES string of the molecule is CN=C(NC#N)Nc1cccc(C(N)=O)c1. The average Bonchev–Trinajstić information content (AvgIpc) is 2.29. The van der Waals surface area contributed by atoms with Gasteiger partial charge in [-0.25, -0.2) is 0 Å². The number of nitriles is 1. The number of hydrogen-bond acceptors (Lipinski definition) is 3. The molecule has 0 aliphatic carbocycles. The minimum Gasteiger partial charge on any atom is -0.366 e. The fourth-order valence-electron chi connectivity index (χ4n) is 1.08. The lowest BCUT2D eigenvalue weighted by atomic mass is 10.2. The van der Waals surface area contributed by atoms with Crippen LogP contribution in [0.4, 0.5) is 5.69 Å². The van der Waals surface area contributed by atoms with Crippen LogP contribution in [-0.2, 0) is 0 Å². The zero-order valence-corrected chi connectivity index (χ0v) is 8.69. The van der Waals surface area contributed by atoms with Crippen LogP contribution in [0.5, 0.6) is 0 Å². The van der Waals surface area contributed by atoms with Gasteiger partial charge >= 0.3 is 0 Å². The van der Waals surface area contributed by atoms with Gasteiger partial charge in [0.25, 0.3) is 0 Å². The number of amides is 1. The molecule has 1 rings (SSSR count). The maximum atomic E-state index is 10.9. The smallest absolute Gasteiger partial charge is 0.248 e. The number of primary amides is 1. The van der Waals surface area contributed by atoms with E-state index in [1.807, 2.05) is 0 Å². The summed E-state index contributed by atoms with van der Waals surface area (Å²) in [7, 11) is 1.53. The highest BCUT2D eigenvalue weighted by molar-refractivity contribution is 5.97. The summed E-state index contributed by atoms with van der Waals surface area (Å²) in [6, 6.07) is 6.60. The minimum absolute atomic E-state index is 0.295. The normalized spacial score (nSPS) is 10.4. The molecule has 82 valence electrons. The van der Waals surface area contributed by atoms with Gasteiger partial charge in [0.1, 0.15) is 0 Å². The van der Waals surface area contributed by atoms with Gasteiger partial charge in [0.2, 0.25) is 11.9 Å². The quantitative estimate of drug-likeness (QED) is 0.286. The van der Waals surface area contributed by atoms with E-state index in [1.165, 1.54) is 7.05 Å². The third-order valence-corrected chi connectivity index (χ3v) is 1.81. The fourth-order valence-corrected chi connectivity index (χ4v) is 1.08. The second-order valence-electron chi connectivity index (χ2n) is 2.88. The molecule has 0 heterocycles. The summed E-state index contributed by atoms with van der Waals surface area (Å²) in [5.74, 6) is -0.212. The van der Waals surface area contributed by atoms with Gasteiger partial charge in [0.15, 0.2) is 6.19 Å². The van der Waals surface area contributed by atoms with Gasteiger partial charge in [0.05, 0.1) is 0 Å². The molecule has 0 saturated carbocycles. The van der Waals surface area contributed by atoms with E-state index in [-0.39, 0.29) is 0 Å². The van der Waals surface area contributed by atoms with Crippen LogP contribution < -0.4 is 16.4 Å². The number of nitrogens with one attached hydrogen (secondary N) is 2. The molecule has 0 unspecified atom stereocenters. The van der Waals surface area contributed by atoms with Gasteiger partial charge < -0.3 is 11.1 Å². The van der Waals surface area contributed by atoms with Crippen molar-refractivity contribution >= 4 is 17.6 Å². The lowest BCUT2D eigenvalue weighted by Gasteiger charge is -2.07. The summed E-state index contributed by atoms with van der Waals surface area (Å²) in [4.78, 5) is 14.7. The van der Waals surface area contributed by atoms with E-state index in [0.717, 1.165) is 0 Å². The first-order valence-corrected chi connectivity index (χ1v) is 4.46. The van der Waals surface area contributed by atoms with Crippen molar-refractivity contribution in [3.05, 3.63) is 29.8 Å². The zero-order valence-electron chi connectivity index (χ0n) is 8.69. The molecular formula is C10H11N5O. The predicted octanol–water partition coefficient (Wildman–Crippen LogP) is 0.254. The Kier molecular flexibility index (Phi) is 3.86. The van der Waals surface area contributed by atoms with E-state index in [9.17, 15) is 4.79 Å². The van der Waals surface area contributed by atoms with Gasteiger partial charge in [0, 0.05) is 18.3 Å². The Labute approximate surface area is 92.8 Å². The first-order valence-electron chi connectivity index (χ1n) is 4.46. The number of anilines is 1. The van der Waals surface area contributed by atoms with Crippen molar-refractivity contribution < 1.29 is 4.79 Å². The highest BCUT2D eigenvalue weighted by Gasteiger charge is 2.02. The maximum absolute atomic E-state index is 10.9. The molecule has 16 heavy (non-hydrogen) atoms. The summed E-state index contributed by atoms with van der Waals surface area (Å²) in [6.07, 6.45) is 1.74. The molecule has 1 amide bonds. The van der Waals surface area contributed by atoms with Crippen molar-refractivity contribution in [1.29, 1.82) is 5.26 Å². The first kappa shape index (κ1) is 11.5. The summed E-state index contributed by atoms with van der Waals surface area (Å²) in [5, 5.41) is 13.6. The third-order valence-electron chi connectivity index (χ3n) is 1.81. The Morgan fingerprint density at radius 2 is 2.31 bits per heavy atom. The van der Waals surface area contributed by atoms with Crippen LogP contribution in [0.2, 0.25) is 0 Å². The second kappa shape index (κ2) is 5.36. The van der Waals surface area contributed by atoms with Crippen LogP contribution in [-0.4, -0.2) is 18.9 Å². The molecule has 0 aliphatic heterocycles. The van der Waals surface area contributed by atoms with Crippen LogP contribution in [0.25, 0.3) is 0 Å². The Bertz CT molecular complexity index is 461. The van der Waals surface area contributed by atoms with Crippen LogP contribution in [0, 0.1) is 11.5 Å². The third kappa shape index (κ3) is 2.99. The van der Waals surface area contributed by atoms with Gasteiger partial charge in [-0.3, -0.25) is 15.1 Å². The topological polar surface area (TPSA) is 103 Å². The molecule has 0 fully saturated rings. The van der Waals surface area contributed by atoms with E-state index in [2.05, 4.69) is 15.6 Å². The van der Waals surface area contributed by atoms with E-state index in [0.29, 0.717) is 17.2 Å². The molecule has 0 spiro atoms. The number of aliphatic imine (C=N–C) groups is 1. The molecule has 6 heteroatoms. The molecule has 0 aliphatic rings. The molecule has 0 bridgehead atoms. The van der Waals surface area contributed by atoms with Crippen molar-refractivity contribution in [2.45, 2.75) is 0 Å². The lowest BCUT2D eigenvalue weighted by molar-refractivity contribution is 0.100. The minimum atomic E-state index is -0.508. The van der Waals surface area contributed by atoms with E-state index in [4.69, 9.17) is 11.0 Å². The van der Waals surface area contributed by atoms with Crippen LogP contribution in [0.15, 0.2) is 29.3 Å². The Morgan fingerprint density at radius 3 is 2.88 bits per heavy atom. The van der Waals surface area contributed by atoms with E-state index < -0.39 is 5.91 Å². The number of guanidine groups is 1. The van der Waals surface area contributed by atoms with Crippen LogP contribution in [0.3, 0.4) is 0 Å². The first-order chi connectivity index (χ1) is 7.67. The van der Waals surface area contributed by atoms with Crippen molar-refractivity contribution in [2.75, 3.05) is 12.4 Å². The largest absolute Gasteiger partial charge is 0.366 e. The molecule has 6 nitrogen and oxygen atoms in total. The Balaban J connectivity index is 2.86. The average molecular weight is 217 g/mol. The summed E-state index contributed by atoms with van der Waals surface area (Å²) in [6.45, 7) is 0. The van der Waals surface area contributed by atoms with Gasteiger partial charge in [-0.15, -0.1) is 0 Å². The molecule has 0 saturated heterocycles. The molecule has 0 aromatic heterocycles. The van der Waals surface area contributed by atoms with E-state index in [1.54, 1.807) is 30.5 Å². The predicted molar refractivity (Wildman–Crippen MR) is 60.7 cm³/mol. The summed E-state index contributed by atoms with van der Waals surface area (Å²) < 4.78 is 0. The van der Waals surface area contributed by atoms with Crippen LogP contribution >= 0.6 is 0 Å². The van der Waals surface area contributed by atoms with Crippen molar-refractivity contribution in [3.8, 4) is 6.19 Å². The molecular weight excluding hydrogens is 206 g/mol. The number of rotatable bonds is 2. The number of nitrogens with zero attached hydrogens (tertiary/aromatic N) is 2. The van der Waals surface area contributed by atoms with Gasteiger partial charge in [-0.05, 0) is 18.2 Å². The lowest BCUT2D eigenvalue weighted by Crippen LogP contribution is -2.26. The zero-order chi connectivity index (χ0) is 12.0. The monoisotopic (exact) mass is 217 g/mol. The fraction of sp³-hybridized carbons (Fsp3) is 0.100. The van der Waals surface area contributed by atoms with Gasteiger partial charge in [-0.2, -0.15) is 5.26 Å². The van der Waals surface area contributed by atoms with E-state index >= 15 is 0 Å². The highest BCUT2D eigenvalue weighted by atomic mass is 16.1. The van der Waals surface area contributed by atoms with Crippen molar-refractivity contribution in [3.63, 3.8) is 0 Å². The molecule has 0 atom stereocenters. The molecule has 4 N–H and O–H groups in total. The number of carbonyl (C=O) groups is 1. The van der Waals surface area contributed by atoms with Crippen molar-refractivity contribution in [2.24, 2.45) is 10.7 Å². The standard InChI is InChI=1S/C10H11N5O/c1-13-10(14-6-11)15-8-4-2-3-7(5-8)9(12)16/h2-5H,1H3,(H2,12,16)(H2,13,14,15). The Morgan fingerprint density at radius 1 is 1.56 bits per heavy atom. The molecule has 1 aromatic rings. The number of benzene rings is 1. The number of hydrogen-bond donors (Lipinski definition) is 3. The number of carbonyl (C=O) groups excluding carboxylic acids is 1. The summed E-state index contributed by atoms with van der Waals surface area (Å²) in [5.41, 5.74) is 6.15. The summed E-state index contributed by atoms with van der Waals surface area (Å²) >= 11 is 0. The number of nitrogens with two attached hydrogens (primary N) is 1. The second-order valence-corrected chi connectivity index (χ2v) is 2.88. The van der Waals surface area contributed by atoms with Crippen LogP contribution in [0.1, 0.15) is 10.4 Å². The Hall–Kier alpha value is -2.55. The molecule has 1 aromatic carbocycles.